The first-order valence-electron chi connectivity index (χ1n) is 7.81. The standard InChI is InChI=1S/C17H23N3S/c1-2-20-10-6-9-15(20)11-18-12-17-19-16(13-21-17)14-7-4-3-5-8-14/h3-5,7-8,13,15,18H,2,6,9-12H2,1H3. The first kappa shape index (κ1) is 14.7. The van der Waals surface area contributed by atoms with Gasteiger partial charge in [-0.1, -0.05) is 37.3 Å². The van der Waals surface area contributed by atoms with Gasteiger partial charge >= 0.3 is 0 Å². The topological polar surface area (TPSA) is 28.2 Å². The Labute approximate surface area is 131 Å². The van der Waals surface area contributed by atoms with E-state index in [2.05, 4.69) is 46.8 Å². The predicted molar refractivity (Wildman–Crippen MR) is 89.5 cm³/mol. The molecule has 0 spiro atoms. The Kier molecular flexibility index (Phi) is 5.01. The second-order valence-electron chi connectivity index (χ2n) is 5.55. The molecular formula is C17H23N3S. The van der Waals surface area contributed by atoms with Gasteiger partial charge in [0.25, 0.3) is 0 Å². The van der Waals surface area contributed by atoms with Crippen LogP contribution < -0.4 is 5.32 Å². The van der Waals surface area contributed by atoms with Crippen molar-refractivity contribution in [3.63, 3.8) is 0 Å². The molecule has 2 aromatic rings. The maximum atomic E-state index is 4.73. The van der Waals surface area contributed by atoms with Crippen LogP contribution in [0.1, 0.15) is 24.8 Å². The molecule has 0 saturated carbocycles. The SMILES string of the molecule is CCN1CCCC1CNCc1nc(-c2ccccc2)cs1. The second-order valence-corrected chi connectivity index (χ2v) is 6.49. The van der Waals surface area contributed by atoms with E-state index < -0.39 is 0 Å². The first-order valence-corrected chi connectivity index (χ1v) is 8.69. The van der Waals surface area contributed by atoms with E-state index in [1.165, 1.54) is 36.5 Å². The van der Waals surface area contributed by atoms with Gasteiger partial charge in [-0.25, -0.2) is 4.98 Å². The molecule has 4 heteroatoms. The summed E-state index contributed by atoms with van der Waals surface area (Å²) in [5.41, 5.74) is 2.29. The molecule has 0 amide bonds. The van der Waals surface area contributed by atoms with Crippen LogP contribution in [-0.2, 0) is 6.54 Å². The third kappa shape index (κ3) is 3.70. The van der Waals surface area contributed by atoms with Crippen molar-refractivity contribution in [3.05, 3.63) is 40.7 Å². The van der Waals surface area contributed by atoms with Crippen molar-refractivity contribution in [3.8, 4) is 11.3 Å². The van der Waals surface area contributed by atoms with Crippen molar-refractivity contribution in [2.45, 2.75) is 32.4 Å². The minimum Gasteiger partial charge on any atom is -0.309 e. The lowest BCUT2D eigenvalue weighted by Gasteiger charge is -2.22. The molecular weight excluding hydrogens is 278 g/mol. The Hall–Kier alpha value is -1.23. The quantitative estimate of drug-likeness (QED) is 0.886. The van der Waals surface area contributed by atoms with E-state index in [9.17, 15) is 0 Å². The zero-order valence-corrected chi connectivity index (χ0v) is 13.4. The van der Waals surface area contributed by atoms with Gasteiger partial charge in [0, 0.05) is 30.1 Å². The Balaban J connectivity index is 1.51. The first-order chi connectivity index (χ1) is 10.4. The molecule has 0 bridgehead atoms. The van der Waals surface area contributed by atoms with Gasteiger partial charge in [-0.05, 0) is 25.9 Å². The van der Waals surface area contributed by atoms with Crippen molar-refractivity contribution in [1.82, 2.24) is 15.2 Å². The van der Waals surface area contributed by atoms with Crippen molar-refractivity contribution >= 4 is 11.3 Å². The Morgan fingerprint density at radius 3 is 3.00 bits per heavy atom. The lowest BCUT2D eigenvalue weighted by atomic mass is 10.2. The molecule has 1 aliphatic rings. The van der Waals surface area contributed by atoms with Gasteiger partial charge < -0.3 is 5.32 Å². The van der Waals surface area contributed by atoms with Crippen LogP contribution in [0.3, 0.4) is 0 Å². The van der Waals surface area contributed by atoms with Gasteiger partial charge in [0.05, 0.1) is 5.69 Å². The van der Waals surface area contributed by atoms with Crippen LogP contribution in [0.4, 0.5) is 0 Å². The van der Waals surface area contributed by atoms with Crippen LogP contribution in [0.15, 0.2) is 35.7 Å². The molecule has 1 aliphatic heterocycles. The van der Waals surface area contributed by atoms with E-state index in [1.807, 2.05) is 6.07 Å². The number of rotatable bonds is 6. The number of hydrogen-bond donors (Lipinski definition) is 1. The number of likely N-dealkylation sites (tertiary alicyclic amines) is 1. The summed E-state index contributed by atoms with van der Waals surface area (Å²) in [6.45, 7) is 6.64. The summed E-state index contributed by atoms with van der Waals surface area (Å²) in [6, 6.07) is 11.1. The zero-order valence-electron chi connectivity index (χ0n) is 12.6. The highest BCUT2D eigenvalue weighted by molar-refractivity contribution is 7.09. The minimum absolute atomic E-state index is 0.712. The number of thiazole rings is 1. The zero-order chi connectivity index (χ0) is 14.5. The molecule has 1 aromatic heterocycles. The fraction of sp³-hybridized carbons (Fsp3) is 0.471. The van der Waals surface area contributed by atoms with Gasteiger partial charge in [0.15, 0.2) is 0 Å². The number of nitrogens with zero attached hydrogens (tertiary/aromatic N) is 2. The minimum atomic E-state index is 0.712. The van der Waals surface area contributed by atoms with Crippen molar-refractivity contribution in [2.24, 2.45) is 0 Å². The van der Waals surface area contributed by atoms with Crippen LogP contribution in [0, 0.1) is 0 Å². The fourth-order valence-electron chi connectivity index (χ4n) is 3.02. The summed E-state index contributed by atoms with van der Waals surface area (Å²) < 4.78 is 0. The number of hydrogen-bond acceptors (Lipinski definition) is 4. The highest BCUT2D eigenvalue weighted by Gasteiger charge is 2.22. The molecule has 1 N–H and O–H groups in total. The summed E-state index contributed by atoms with van der Waals surface area (Å²) >= 11 is 1.75. The number of likely N-dealkylation sites (N-methyl/N-ethyl adjacent to an activating group) is 1. The summed E-state index contributed by atoms with van der Waals surface area (Å²) in [6.07, 6.45) is 2.67. The molecule has 112 valence electrons. The van der Waals surface area contributed by atoms with Gasteiger partial charge in [-0.15, -0.1) is 11.3 Å². The largest absolute Gasteiger partial charge is 0.309 e. The summed E-state index contributed by atoms with van der Waals surface area (Å²) in [7, 11) is 0. The second kappa shape index (κ2) is 7.16. The maximum absolute atomic E-state index is 4.73. The van der Waals surface area contributed by atoms with E-state index in [0.29, 0.717) is 6.04 Å². The van der Waals surface area contributed by atoms with E-state index in [1.54, 1.807) is 11.3 Å². The molecule has 0 aliphatic carbocycles. The van der Waals surface area contributed by atoms with Gasteiger partial charge in [-0.2, -0.15) is 0 Å². The van der Waals surface area contributed by atoms with E-state index >= 15 is 0 Å². The predicted octanol–water partition coefficient (Wildman–Crippen LogP) is 3.38. The van der Waals surface area contributed by atoms with E-state index in [0.717, 1.165) is 18.8 Å². The van der Waals surface area contributed by atoms with E-state index in [4.69, 9.17) is 4.98 Å². The average molecular weight is 301 g/mol. The maximum Gasteiger partial charge on any atom is 0.107 e. The van der Waals surface area contributed by atoms with Crippen molar-refractivity contribution in [1.29, 1.82) is 0 Å². The van der Waals surface area contributed by atoms with Crippen LogP contribution in [0.2, 0.25) is 0 Å². The normalized spacial score (nSPS) is 19.2. The van der Waals surface area contributed by atoms with Crippen LogP contribution >= 0.6 is 11.3 Å². The third-order valence-corrected chi connectivity index (χ3v) is 5.03. The molecule has 2 heterocycles. The fourth-order valence-corrected chi connectivity index (χ4v) is 3.79. The number of nitrogens with one attached hydrogen (secondary N) is 1. The molecule has 1 atom stereocenters. The number of benzene rings is 1. The lowest BCUT2D eigenvalue weighted by molar-refractivity contribution is 0.260. The van der Waals surface area contributed by atoms with E-state index in [-0.39, 0.29) is 0 Å². The highest BCUT2D eigenvalue weighted by Crippen LogP contribution is 2.21. The molecule has 3 nitrogen and oxygen atoms in total. The Morgan fingerprint density at radius 2 is 2.19 bits per heavy atom. The Bertz CT molecular complexity index is 552. The highest BCUT2D eigenvalue weighted by atomic mass is 32.1. The summed E-state index contributed by atoms with van der Waals surface area (Å²) in [5, 5.41) is 6.91. The molecule has 1 unspecified atom stereocenters. The summed E-state index contributed by atoms with van der Waals surface area (Å²) in [5.74, 6) is 0. The molecule has 1 saturated heterocycles. The van der Waals surface area contributed by atoms with Gasteiger partial charge in [0.1, 0.15) is 5.01 Å². The third-order valence-electron chi connectivity index (χ3n) is 4.18. The molecule has 1 fully saturated rings. The number of aromatic nitrogens is 1. The average Bonchev–Trinajstić information content (AvgIpc) is 3.17. The van der Waals surface area contributed by atoms with Gasteiger partial charge in [0.2, 0.25) is 0 Å². The lowest BCUT2D eigenvalue weighted by Crippen LogP contribution is -2.37. The van der Waals surface area contributed by atoms with Crippen LogP contribution in [0.25, 0.3) is 11.3 Å². The van der Waals surface area contributed by atoms with Gasteiger partial charge in [-0.3, -0.25) is 4.90 Å². The summed E-state index contributed by atoms with van der Waals surface area (Å²) in [4.78, 5) is 7.30. The smallest absolute Gasteiger partial charge is 0.107 e. The molecule has 3 rings (SSSR count). The molecule has 0 radical (unpaired) electrons. The van der Waals surface area contributed by atoms with Crippen LogP contribution in [-0.4, -0.2) is 35.6 Å². The monoisotopic (exact) mass is 301 g/mol. The van der Waals surface area contributed by atoms with Crippen molar-refractivity contribution in [2.75, 3.05) is 19.6 Å². The van der Waals surface area contributed by atoms with Crippen molar-refractivity contribution < 1.29 is 0 Å². The molecule has 21 heavy (non-hydrogen) atoms. The van der Waals surface area contributed by atoms with Crippen LogP contribution in [0.5, 0.6) is 0 Å². The Morgan fingerprint density at radius 1 is 1.33 bits per heavy atom. The molecule has 1 aromatic carbocycles.